The van der Waals surface area contributed by atoms with E-state index in [9.17, 15) is 8.42 Å². The summed E-state index contributed by atoms with van der Waals surface area (Å²) in [5, 5.41) is 0. The van der Waals surface area contributed by atoms with E-state index in [4.69, 9.17) is 10.5 Å². The molecule has 2 N–H and O–H groups in total. The summed E-state index contributed by atoms with van der Waals surface area (Å²) in [6.45, 7) is 0.628. The number of hydrogen-bond donors (Lipinski definition) is 1. The van der Waals surface area contributed by atoms with Crippen LogP contribution in [-0.2, 0) is 14.8 Å². The lowest BCUT2D eigenvalue weighted by Gasteiger charge is -2.39. The van der Waals surface area contributed by atoms with Crippen LogP contribution in [0.4, 0.5) is 0 Å². The largest absolute Gasteiger partial charge is 0.384 e. The summed E-state index contributed by atoms with van der Waals surface area (Å²) < 4.78 is 30.9. The second-order valence-corrected chi connectivity index (χ2v) is 7.24. The topological polar surface area (TPSA) is 72.6 Å². The summed E-state index contributed by atoms with van der Waals surface area (Å²) in [4.78, 5) is 0. The fourth-order valence-corrected chi connectivity index (χ4v) is 4.15. The van der Waals surface area contributed by atoms with Gasteiger partial charge in [-0.2, -0.15) is 4.31 Å². The quantitative estimate of drug-likeness (QED) is 0.734. The summed E-state index contributed by atoms with van der Waals surface area (Å²) in [6, 6.07) is 0. The Morgan fingerprint density at radius 1 is 1.22 bits per heavy atom. The molecule has 0 unspecified atom stereocenters. The standard InChI is InChI=1S/C12H26N2O3S/c1-14(18(15,16)10-9-17-2)12(11-13)7-5-3-4-6-8-12/h3-11,13H2,1-2H3. The molecule has 1 rings (SSSR count). The van der Waals surface area contributed by atoms with Gasteiger partial charge in [0.15, 0.2) is 0 Å². The Hall–Kier alpha value is -0.170. The molecule has 0 aliphatic heterocycles. The van der Waals surface area contributed by atoms with E-state index in [2.05, 4.69) is 0 Å². The van der Waals surface area contributed by atoms with Crippen LogP contribution >= 0.6 is 0 Å². The van der Waals surface area contributed by atoms with Crippen LogP contribution in [0.1, 0.15) is 38.5 Å². The van der Waals surface area contributed by atoms with Gasteiger partial charge in [-0.25, -0.2) is 8.42 Å². The predicted octanol–water partition coefficient (Wildman–Crippen LogP) is 0.946. The third-order valence-corrected chi connectivity index (χ3v) is 5.95. The zero-order chi connectivity index (χ0) is 13.6. The molecule has 108 valence electrons. The molecule has 0 bridgehead atoms. The van der Waals surface area contributed by atoms with Crippen LogP contribution in [0, 0.1) is 0 Å². The molecule has 1 fully saturated rings. The molecule has 0 aromatic heterocycles. The molecule has 0 amide bonds. The molecule has 18 heavy (non-hydrogen) atoms. The number of rotatable bonds is 6. The van der Waals surface area contributed by atoms with Crippen LogP contribution in [0.15, 0.2) is 0 Å². The maximum atomic E-state index is 12.3. The van der Waals surface area contributed by atoms with Gasteiger partial charge >= 0.3 is 0 Å². The minimum Gasteiger partial charge on any atom is -0.384 e. The number of hydrogen-bond acceptors (Lipinski definition) is 4. The Morgan fingerprint density at radius 3 is 2.22 bits per heavy atom. The van der Waals surface area contributed by atoms with Gasteiger partial charge in [-0.05, 0) is 12.8 Å². The average molecular weight is 278 g/mol. The zero-order valence-electron chi connectivity index (χ0n) is 11.5. The molecule has 0 heterocycles. The first-order valence-electron chi connectivity index (χ1n) is 6.64. The smallest absolute Gasteiger partial charge is 0.216 e. The summed E-state index contributed by atoms with van der Waals surface area (Å²) in [6.07, 6.45) is 6.20. The summed E-state index contributed by atoms with van der Waals surface area (Å²) in [5.74, 6) is 0.0295. The summed E-state index contributed by atoms with van der Waals surface area (Å²) >= 11 is 0. The van der Waals surface area contributed by atoms with Crippen LogP contribution < -0.4 is 5.73 Å². The van der Waals surface area contributed by atoms with Gasteiger partial charge in [0.1, 0.15) is 0 Å². The van der Waals surface area contributed by atoms with Gasteiger partial charge in [0.2, 0.25) is 10.0 Å². The highest BCUT2D eigenvalue weighted by molar-refractivity contribution is 7.89. The molecule has 0 aromatic carbocycles. The Morgan fingerprint density at radius 2 is 1.78 bits per heavy atom. The minimum atomic E-state index is -3.28. The van der Waals surface area contributed by atoms with Gasteiger partial charge in [-0.1, -0.05) is 25.7 Å². The van der Waals surface area contributed by atoms with E-state index in [-0.39, 0.29) is 17.9 Å². The van der Waals surface area contributed by atoms with E-state index in [0.29, 0.717) is 6.54 Å². The van der Waals surface area contributed by atoms with E-state index in [1.165, 1.54) is 24.3 Å². The molecule has 0 atom stereocenters. The lowest BCUT2D eigenvalue weighted by atomic mass is 9.90. The first-order chi connectivity index (χ1) is 8.48. The van der Waals surface area contributed by atoms with Gasteiger partial charge in [-0.3, -0.25) is 0 Å². The molecular weight excluding hydrogens is 252 g/mol. The van der Waals surface area contributed by atoms with E-state index in [1.807, 2.05) is 0 Å². The first-order valence-corrected chi connectivity index (χ1v) is 8.25. The van der Waals surface area contributed by atoms with Crippen molar-refractivity contribution in [2.45, 2.75) is 44.1 Å². The summed E-state index contributed by atoms with van der Waals surface area (Å²) in [7, 11) is -0.0969. The molecule has 1 saturated carbocycles. The molecule has 1 aliphatic rings. The van der Waals surface area contributed by atoms with Crippen LogP contribution in [0.2, 0.25) is 0 Å². The van der Waals surface area contributed by atoms with Crippen molar-refractivity contribution in [3.8, 4) is 0 Å². The SMILES string of the molecule is COCCS(=O)(=O)N(C)C1(CN)CCCCCC1. The maximum Gasteiger partial charge on any atom is 0.216 e. The molecule has 0 radical (unpaired) electrons. The van der Waals surface area contributed by atoms with Crippen molar-refractivity contribution >= 4 is 10.0 Å². The molecule has 0 saturated heterocycles. The lowest BCUT2D eigenvalue weighted by Crippen LogP contribution is -2.54. The van der Waals surface area contributed by atoms with Crippen molar-refractivity contribution in [2.75, 3.05) is 33.1 Å². The van der Waals surface area contributed by atoms with Crippen molar-refractivity contribution in [1.82, 2.24) is 4.31 Å². The molecule has 5 nitrogen and oxygen atoms in total. The molecule has 0 aromatic rings. The van der Waals surface area contributed by atoms with Crippen LogP contribution in [0.5, 0.6) is 0 Å². The van der Waals surface area contributed by atoms with Crippen molar-refractivity contribution in [3.05, 3.63) is 0 Å². The number of methoxy groups -OCH3 is 1. The van der Waals surface area contributed by atoms with Crippen LogP contribution in [-0.4, -0.2) is 51.3 Å². The number of sulfonamides is 1. The van der Waals surface area contributed by atoms with Crippen molar-refractivity contribution < 1.29 is 13.2 Å². The second kappa shape index (κ2) is 6.84. The maximum absolute atomic E-state index is 12.3. The van der Waals surface area contributed by atoms with Gasteiger partial charge < -0.3 is 10.5 Å². The fourth-order valence-electron chi connectivity index (χ4n) is 2.65. The highest BCUT2D eigenvalue weighted by Crippen LogP contribution is 2.32. The third kappa shape index (κ3) is 3.66. The van der Waals surface area contributed by atoms with Crippen molar-refractivity contribution in [3.63, 3.8) is 0 Å². The number of nitrogens with two attached hydrogens (primary N) is 1. The van der Waals surface area contributed by atoms with Gasteiger partial charge in [-0.15, -0.1) is 0 Å². The number of likely N-dealkylation sites (N-methyl/N-ethyl adjacent to an activating group) is 1. The minimum absolute atomic E-state index is 0.0295. The summed E-state index contributed by atoms with van der Waals surface area (Å²) in [5.41, 5.74) is 5.51. The monoisotopic (exact) mass is 278 g/mol. The lowest BCUT2D eigenvalue weighted by molar-refractivity contribution is 0.188. The van der Waals surface area contributed by atoms with E-state index >= 15 is 0 Å². The molecule has 6 heteroatoms. The van der Waals surface area contributed by atoms with E-state index < -0.39 is 10.0 Å². The Kier molecular flexibility index (Phi) is 6.04. The average Bonchev–Trinajstić information content (AvgIpc) is 2.61. The van der Waals surface area contributed by atoms with Crippen LogP contribution in [0.3, 0.4) is 0 Å². The predicted molar refractivity (Wildman–Crippen MR) is 72.9 cm³/mol. The Bertz CT molecular complexity index is 335. The van der Waals surface area contributed by atoms with Gasteiger partial charge in [0, 0.05) is 26.2 Å². The normalized spacial score (nSPS) is 20.9. The third-order valence-electron chi connectivity index (χ3n) is 4.04. The van der Waals surface area contributed by atoms with Gasteiger partial charge in [0.05, 0.1) is 12.4 Å². The molecule has 0 spiro atoms. The van der Waals surface area contributed by atoms with Crippen molar-refractivity contribution in [1.29, 1.82) is 0 Å². The van der Waals surface area contributed by atoms with E-state index in [1.54, 1.807) is 7.05 Å². The Balaban J connectivity index is 2.85. The fraction of sp³-hybridized carbons (Fsp3) is 1.00. The Labute approximate surface area is 111 Å². The number of ether oxygens (including phenoxy) is 1. The van der Waals surface area contributed by atoms with Gasteiger partial charge in [0.25, 0.3) is 0 Å². The van der Waals surface area contributed by atoms with E-state index in [0.717, 1.165) is 25.7 Å². The zero-order valence-corrected chi connectivity index (χ0v) is 12.3. The van der Waals surface area contributed by atoms with Crippen LogP contribution in [0.25, 0.3) is 0 Å². The molecule has 1 aliphatic carbocycles. The highest BCUT2D eigenvalue weighted by atomic mass is 32.2. The second-order valence-electron chi connectivity index (χ2n) is 5.12. The molecular formula is C12H26N2O3S. The first kappa shape index (κ1) is 15.9. The highest BCUT2D eigenvalue weighted by Gasteiger charge is 2.39. The van der Waals surface area contributed by atoms with Crippen molar-refractivity contribution in [2.24, 2.45) is 5.73 Å². The number of nitrogens with zero attached hydrogens (tertiary/aromatic N) is 1.